The van der Waals surface area contributed by atoms with Gasteiger partial charge in [-0.05, 0) is 141 Å². The lowest BCUT2D eigenvalue weighted by molar-refractivity contribution is -0.125. The first-order chi connectivity index (χ1) is 37.3. The maximum absolute atomic E-state index is 12.9. The highest BCUT2D eigenvalue weighted by Crippen LogP contribution is 2.53. The first-order valence-electron chi connectivity index (χ1n) is 26.0. The zero-order valence-corrected chi connectivity index (χ0v) is 51.7. The smallest absolute Gasteiger partial charge is 0.262 e. The number of nitrogens with zero attached hydrogens (tertiary/aromatic N) is 7. The van der Waals surface area contributed by atoms with Crippen LogP contribution in [0.5, 0.6) is 0 Å². The average molecular weight is 1140 g/mol. The topological polar surface area (TPSA) is 176 Å². The predicted molar refractivity (Wildman–Crippen MR) is 316 cm³/mol. The summed E-state index contributed by atoms with van der Waals surface area (Å²) in [5, 5.41) is 0.896. The van der Waals surface area contributed by atoms with Gasteiger partial charge in [0.25, 0.3) is 53.2 Å². The van der Waals surface area contributed by atoms with E-state index in [2.05, 4.69) is 39.6 Å². The second-order valence-electron chi connectivity index (χ2n) is 21.6. The highest BCUT2D eigenvalue weighted by Gasteiger charge is 2.44. The quantitative estimate of drug-likeness (QED) is 0.107. The second-order valence-corrected chi connectivity index (χ2v) is 25.5. The van der Waals surface area contributed by atoms with E-state index in [1.165, 1.54) is 74.4 Å². The van der Waals surface area contributed by atoms with Gasteiger partial charge in [-0.2, -0.15) is 0 Å². The van der Waals surface area contributed by atoms with Crippen LogP contribution in [0, 0.1) is 69.2 Å². The van der Waals surface area contributed by atoms with E-state index in [9.17, 15) is 43.2 Å². The summed E-state index contributed by atoms with van der Waals surface area (Å²) in [7, 11) is 11.9. The van der Waals surface area contributed by atoms with Crippen LogP contribution in [0.2, 0.25) is 0 Å². The van der Waals surface area contributed by atoms with Crippen molar-refractivity contribution in [1.82, 2.24) is 24.5 Å². The molecule has 3 aromatic heterocycles. The van der Waals surface area contributed by atoms with Gasteiger partial charge < -0.3 is 19.6 Å². The Kier molecular flexibility index (Phi) is 14.0. The number of imide groups is 3. The molecule has 9 amide bonds. The molecule has 16 nitrogen and oxygen atoms in total. The number of amides is 9. The molecule has 416 valence electrons. The Hall–Kier alpha value is -7.61. The van der Waals surface area contributed by atoms with Crippen molar-refractivity contribution in [2.24, 2.45) is 0 Å². The molecule has 0 saturated heterocycles. The van der Waals surface area contributed by atoms with Crippen LogP contribution in [0.4, 0.5) is 11.4 Å². The van der Waals surface area contributed by atoms with Crippen LogP contribution in [-0.4, -0.2) is 134 Å². The monoisotopic (exact) mass is 1140 g/mol. The normalized spacial score (nSPS) is 19.2. The lowest BCUT2D eigenvalue weighted by Gasteiger charge is -2.34. The molecule has 5 aromatic rings. The fourth-order valence-corrected chi connectivity index (χ4v) is 15.4. The highest BCUT2D eigenvalue weighted by atomic mass is 32.1. The summed E-state index contributed by atoms with van der Waals surface area (Å²) in [6.45, 7) is 27.9. The van der Waals surface area contributed by atoms with Crippen molar-refractivity contribution in [3.8, 4) is 0 Å². The molecule has 7 aliphatic heterocycles. The van der Waals surface area contributed by atoms with E-state index in [1.807, 2.05) is 64.8 Å². The lowest BCUT2D eigenvalue weighted by atomic mass is 9.78. The molecule has 0 N–H and O–H groups in total. The predicted octanol–water partition coefficient (Wildman–Crippen LogP) is 10.3. The summed E-state index contributed by atoms with van der Waals surface area (Å²) in [5.41, 5.74) is 17.4. The zero-order chi connectivity index (χ0) is 59.4. The van der Waals surface area contributed by atoms with Crippen molar-refractivity contribution in [2.75, 3.05) is 65.7 Å². The van der Waals surface area contributed by atoms with Gasteiger partial charge in [-0.1, -0.05) is 0 Å². The van der Waals surface area contributed by atoms with Gasteiger partial charge in [-0.3, -0.25) is 57.9 Å². The van der Waals surface area contributed by atoms with Crippen molar-refractivity contribution < 1.29 is 43.2 Å². The van der Waals surface area contributed by atoms with E-state index in [4.69, 9.17) is 0 Å². The zero-order valence-electron chi connectivity index (χ0n) is 49.2. The fourth-order valence-electron chi connectivity index (χ4n) is 11.9. The van der Waals surface area contributed by atoms with Crippen LogP contribution in [0.3, 0.4) is 0 Å². The summed E-state index contributed by atoms with van der Waals surface area (Å²) < 4.78 is 0. The van der Waals surface area contributed by atoms with Crippen LogP contribution in [0.1, 0.15) is 152 Å². The molecule has 0 unspecified atom stereocenters. The third-order valence-electron chi connectivity index (χ3n) is 17.5. The lowest BCUT2D eigenvalue weighted by Crippen LogP contribution is -2.42. The summed E-state index contributed by atoms with van der Waals surface area (Å²) in [4.78, 5) is 130. The Balaban J connectivity index is 0.000000133. The molecular formula is C61H65N7O9S3. The van der Waals surface area contributed by atoms with Crippen LogP contribution in [-0.2, 0) is 14.4 Å². The van der Waals surface area contributed by atoms with Gasteiger partial charge in [0.2, 0.25) is 0 Å². The number of benzene rings is 2. The SMILES string of the molecule is CC1=C(C)N(C)C(=O)/C1=C1/C(=O)N(C)C(C)=C1C.Cc1c(C)c2c3c(c(C)c(C)c4c3c1C(=O)N(C)C4=O)C(=O)N(C)C2=O.Cc1sc(C)c2c1C(=O)N(C)C2=O.Cc1sc2c(c1C)N(C)C/C2=C1/C(=O)N(C)c2c1sc(C)c2C. The molecule has 0 fully saturated rings. The summed E-state index contributed by atoms with van der Waals surface area (Å²) in [5.74, 6) is -1.96. The van der Waals surface area contributed by atoms with Crippen molar-refractivity contribution in [1.29, 1.82) is 0 Å². The summed E-state index contributed by atoms with van der Waals surface area (Å²) in [6.07, 6.45) is 0. The molecule has 0 spiro atoms. The van der Waals surface area contributed by atoms with Crippen LogP contribution in [0.15, 0.2) is 33.7 Å². The Morgan fingerprint density at radius 2 is 0.613 bits per heavy atom. The van der Waals surface area contributed by atoms with E-state index in [1.54, 1.807) is 62.9 Å². The van der Waals surface area contributed by atoms with Crippen molar-refractivity contribution in [3.05, 3.63) is 130 Å². The number of hydrogen-bond donors (Lipinski definition) is 0. The van der Waals surface area contributed by atoms with E-state index < -0.39 is 23.6 Å². The molecule has 0 bridgehead atoms. The third kappa shape index (κ3) is 7.80. The van der Waals surface area contributed by atoms with Crippen LogP contribution < -0.4 is 9.80 Å². The fraction of sp³-hybridized carbons (Fsp3) is 0.361. The molecule has 0 aliphatic carbocycles. The number of hydrogen-bond acceptors (Lipinski definition) is 13. The van der Waals surface area contributed by atoms with Gasteiger partial charge in [0.05, 0.1) is 71.2 Å². The van der Waals surface area contributed by atoms with Gasteiger partial charge in [-0.25, -0.2) is 0 Å². The maximum Gasteiger partial charge on any atom is 0.262 e. The number of likely N-dealkylation sites (N-methyl/N-ethyl adjacent to an activating group) is 4. The molecule has 80 heavy (non-hydrogen) atoms. The molecule has 0 atom stereocenters. The van der Waals surface area contributed by atoms with Crippen molar-refractivity contribution in [3.63, 3.8) is 0 Å². The average Bonchev–Trinajstić information content (AvgIpc) is 4.03. The van der Waals surface area contributed by atoms with Gasteiger partial charge >= 0.3 is 0 Å². The molecule has 0 saturated carbocycles. The van der Waals surface area contributed by atoms with E-state index in [0.29, 0.717) is 77.6 Å². The largest absolute Gasteiger partial charge is 0.369 e. The second kappa shape index (κ2) is 19.6. The minimum absolute atomic E-state index is 0.0872. The maximum atomic E-state index is 12.9. The van der Waals surface area contributed by atoms with Crippen LogP contribution in [0.25, 0.3) is 21.9 Å². The van der Waals surface area contributed by atoms with Gasteiger partial charge in [-0.15, -0.1) is 34.0 Å². The third-order valence-corrected chi connectivity index (χ3v) is 21.0. The minimum Gasteiger partial charge on any atom is -0.369 e. The van der Waals surface area contributed by atoms with Gasteiger partial charge in [0, 0.05) is 103 Å². The first-order valence-corrected chi connectivity index (χ1v) is 28.5. The number of allylic oxidation sites excluding steroid dienone is 2. The Morgan fingerprint density at radius 1 is 0.300 bits per heavy atom. The molecule has 12 rings (SSSR count). The summed E-state index contributed by atoms with van der Waals surface area (Å²) >= 11 is 5.10. The number of carbonyl (C=O) groups is 9. The van der Waals surface area contributed by atoms with Gasteiger partial charge in [0.1, 0.15) is 0 Å². The Morgan fingerprint density at radius 3 is 0.950 bits per heavy atom. The van der Waals surface area contributed by atoms with Gasteiger partial charge in [0.15, 0.2) is 0 Å². The van der Waals surface area contributed by atoms with E-state index in [-0.39, 0.29) is 29.5 Å². The van der Waals surface area contributed by atoms with Crippen LogP contribution >= 0.6 is 34.0 Å². The molecule has 19 heteroatoms. The molecule has 10 heterocycles. The summed E-state index contributed by atoms with van der Waals surface area (Å²) in [6, 6.07) is 0. The van der Waals surface area contributed by atoms with Crippen molar-refractivity contribution in [2.45, 2.75) is 96.9 Å². The number of carbonyl (C=O) groups excluding carboxylic acids is 9. The molecular weight excluding hydrogens is 1070 g/mol. The Bertz CT molecular complexity index is 3740. The number of thiophene rings is 3. The Labute approximate surface area is 477 Å². The number of anilines is 2. The molecule has 2 aromatic carbocycles. The number of rotatable bonds is 0. The first kappa shape index (κ1) is 57.1. The molecule has 7 aliphatic rings. The molecule has 0 radical (unpaired) electrons. The number of aryl methyl sites for hydroxylation is 4. The number of fused-ring (bicyclic) bond motifs is 3. The van der Waals surface area contributed by atoms with E-state index >= 15 is 0 Å². The minimum atomic E-state index is -0.400. The van der Waals surface area contributed by atoms with E-state index in [0.717, 1.165) is 64.8 Å². The van der Waals surface area contributed by atoms with Crippen molar-refractivity contribution >= 4 is 120 Å². The highest BCUT2D eigenvalue weighted by molar-refractivity contribution is 7.16. The standard InChI is InChI=1S/C20H18N2O4.C18H20N2OS2.C14H18N2O2.C9H9NO2S/c1-7-8(2)12-16-14(20(26)22(6)18(12)24)10(4)9(3)13-15(16)11(7)17(23)21(5)19(13)25;1-8-10(3)22-16-12(7-19(5)14(8)16)13-17-15(20(6)18(13)21)9(2)11(4)23-17;1-7-9(3)15(5)13(17)11(7)12-8(2)10(4)16(6)14(12)18;1-4-6-7(5(2)13-4)9(12)10(3)8(6)11/h1-6H3;7H2,1-6H3;1-6H3;1-3H3/b;13-12-;12-11+;.